The van der Waals surface area contributed by atoms with Crippen molar-refractivity contribution in [2.45, 2.75) is 44.5 Å². The van der Waals surface area contributed by atoms with E-state index in [1.165, 1.54) is 0 Å². The van der Waals surface area contributed by atoms with Gasteiger partial charge in [-0.05, 0) is 19.8 Å². The molecule has 0 bridgehead atoms. The molecule has 1 aromatic heterocycles. The molecule has 0 aromatic carbocycles. The van der Waals surface area contributed by atoms with Gasteiger partial charge in [0.25, 0.3) is 0 Å². The Balaban J connectivity index is 1.85. The van der Waals surface area contributed by atoms with Crippen LogP contribution in [0.15, 0.2) is 10.6 Å². The van der Waals surface area contributed by atoms with Crippen LogP contribution < -0.4 is 4.89 Å². The Morgan fingerprint density at radius 3 is 2.82 bits per heavy atom. The van der Waals surface area contributed by atoms with Crippen LogP contribution in [-0.2, 0) is 20.6 Å². The van der Waals surface area contributed by atoms with Crippen LogP contribution in [0.3, 0.4) is 0 Å². The zero-order valence-electron chi connectivity index (χ0n) is 9.68. The van der Waals surface area contributed by atoms with Crippen LogP contribution in [0.5, 0.6) is 0 Å². The minimum Gasteiger partial charge on any atom is -0.361 e. The third kappa shape index (κ3) is 3.79. The van der Waals surface area contributed by atoms with Gasteiger partial charge in [0.05, 0.1) is 6.10 Å². The third-order valence-electron chi connectivity index (χ3n) is 2.66. The van der Waals surface area contributed by atoms with Crippen molar-refractivity contribution in [3.63, 3.8) is 0 Å². The summed E-state index contributed by atoms with van der Waals surface area (Å²) in [5.41, 5.74) is 0.380. The second kappa shape index (κ2) is 5.16. The lowest BCUT2D eigenvalue weighted by atomic mass is 10.3. The van der Waals surface area contributed by atoms with E-state index in [0.717, 1.165) is 25.7 Å². The monoisotopic (exact) mass is 260 g/mol. The molecule has 17 heavy (non-hydrogen) atoms. The summed E-state index contributed by atoms with van der Waals surface area (Å²) in [6, 6.07) is 1.59. The van der Waals surface area contributed by atoms with Gasteiger partial charge < -0.3 is 4.52 Å². The number of hydrogen-bond acceptors (Lipinski definition) is 5. The predicted octanol–water partition coefficient (Wildman–Crippen LogP) is 1.28. The van der Waals surface area contributed by atoms with E-state index in [4.69, 9.17) is 9.36 Å². The Hall–Kier alpha value is -0.920. The van der Waals surface area contributed by atoms with Crippen LogP contribution in [-0.4, -0.2) is 19.7 Å². The fourth-order valence-corrected chi connectivity index (χ4v) is 2.72. The van der Waals surface area contributed by atoms with Gasteiger partial charge >= 0.3 is 0 Å². The molecule has 6 nitrogen and oxygen atoms in total. The van der Waals surface area contributed by atoms with Gasteiger partial charge in [0.15, 0.2) is 0 Å². The minimum atomic E-state index is -3.50. The number of sulfonamides is 1. The first-order valence-electron chi connectivity index (χ1n) is 5.62. The number of aryl methyl sites for hydroxylation is 1. The van der Waals surface area contributed by atoms with E-state index in [1.807, 2.05) is 0 Å². The van der Waals surface area contributed by atoms with E-state index >= 15 is 0 Å². The zero-order valence-corrected chi connectivity index (χ0v) is 10.5. The van der Waals surface area contributed by atoms with E-state index in [1.54, 1.807) is 13.0 Å². The highest BCUT2D eigenvalue weighted by Gasteiger charge is 2.20. The Bertz CT molecular complexity index is 462. The normalized spacial score (nSPS) is 17.7. The lowest BCUT2D eigenvalue weighted by Crippen LogP contribution is -2.29. The molecule has 0 saturated heterocycles. The maximum atomic E-state index is 11.6. The van der Waals surface area contributed by atoms with Gasteiger partial charge in [0.2, 0.25) is 10.0 Å². The van der Waals surface area contributed by atoms with Crippen LogP contribution >= 0.6 is 0 Å². The van der Waals surface area contributed by atoms with E-state index < -0.39 is 10.0 Å². The summed E-state index contributed by atoms with van der Waals surface area (Å²) in [6.45, 7) is 1.71. The van der Waals surface area contributed by atoms with Gasteiger partial charge in [-0.3, -0.25) is 4.84 Å². The minimum absolute atomic E-state index is 0.00354. The summed E-state index contributed by atoms with van der Waals surface area (Å²) < 4.78 is 28.1. The summed E-state index contributed by atoms with van der Waals surface area (Å²) in [5.74, 6) is 0.365. The molecule has 1 aromatic rings. The van der Waals surface area contributed by atoms with Crippen molar-refractivity contribution in [2.75, 3.05) is 0 Å². The fraction of sp³-hybridized carbons (Fsp3) is 0.700. The number of nitrogens with zero attached hydrogens (tertiary/aromatic N) is 1. The zero-order chi connectivity index (χ0) is 12.3. The van der Waals surface area contributed by atoms with E-state index in [2.05, 4.69) is 10.0 Å². The Kier molecular flexibility index (Phi) is 3.80. The molecule has 7 heteroatoms. The van der Waals surface area contributed by atoms with Crippen LogP contribution in [0.2, 0.25) is 0 Å². The molecule has 1 aliphatic carbocycles. The topological polar surface area (TPSA) is 81.4 Å². The van der Waals surface area contributed by atoms with Gasteiger partial charge in [-0.25, -0.2) is 8.42 Å². The Morgan fingerprint density at radius 2 is 2.24 bits per heavy atom. The van der Waals surface area contributed by atoms with Crippen molar-refractivity contribution in [3.8, 4) is 0 Å². The first-order valence-corrected chi connectivity index (χ1v) is 7.28. The number of nitrogens with one attached hydrogen (secondary N) is 1. The van der Waals surface area contributed by atoms with Crippen molar-refractivity contribution < 1.29 is 17.8 Å². The standard InChI is InChI=1S/C10H16N2O4S/c1-8-6-9(11-15-8)7-17(13,14)12-16-10-4-2-3-5-10/h6,10,12H,2-5,7H2,1H3. The largest absolute Gasteiger partial charge is 0.361 e. The smallest absolute Gasteiger partial charge is 0.239 e. The summed E-state index contributed by atoms with van der Waals surface area (Å²) >= 11 is 0. The molecular formula is C10H16N2O4S. The fourth-order valence-electron chi connectivity index (χ4n) is 1.86. The van der Waals surface area contributed by atoms with Crippen molar-refractivity contribution in [1.29, 1.82) is 0 Å². The van der Waals surface area contributed by atoms with E-state index in [0.29, 0.717) is 11.5 Å². The van der Waals surface area contributed by atoms with Gasteiger partial charge in [-0.1, -0.05) is 22.9 Å². The van der Waals surface area contributed by atoms with Crippen molar-refractivity contribution in [2.24, 2.45) is 0 Å². The molecule has 0 aliphatic heterocycles. The molecule has 1 heterocycles. The van der Waals surface area contributed by atoms with E-state index in [9.17, 15) is 8.42 Å². The number of hydrogen-bond donors (Lipinski definition) is 1. The first kappa shape index (κ1) is 12.5. The molecule has 1 saturated carbocycles. The predicted molar refractivity (Wildman–Crippen MR) is 60.3 cm³/mol. The molecule has 1 fully saturated rings. The maximum Gasteiger partial charge on any atom is 0.239 e. The average Bonchev–Trinajstić information content (AvgIpc) is 2.86. The lowest BCUT2D eigenvalue weighted by molar-refractivity contribution is 0.0222. The van der Waals surface area contributed by atoms with Crippen LogP contribution in [0.25, 0.3) is 0 Å². The molecule has 0 spiro atoms. The molecule has 0 atom stereocenters. The maximum absolute atomic E-state index is 11.6. The average molecular weight is 260 g/mol. The first-order chi connectivity index (χ1) is 8.05. The van der Waals surface area contributed by atoms with Crippen molar-refractivity contribution >= 4 is 10.0 Å². The highest BCUT2D eigenvalue weighted by Crippen LogP contribution is 2.20. The lowest BCUT2D eigenvalue weighted by Gasteiger charge is -2.10. The highest BCUT2D eigenvalue weighted by atomic mass is 32.2. The van der Waals surface area contributed by atoms with Crippen LogP contribution in [0.1, 0.15) is 37.1 Å². The molecule has 1 aliphatic rings. The van der Waals surface area contributed by atoms with Gasteiger partial charge in [0.1, 0.15) is 17.2 Å². The van der Waals surface area contributed by atoms with Crippen molar-refractivity contribution in [3.05, 3.63) is 17.5 Å². The Labute approximate surface area is 100 Å². The van der Waals surface area contributed by atoms with Crippen LogP contribution in [0, 0.1) is 6.92 Å². The highest BCUT2D eigenvalue weighted by molar-refractivity contribution is 7.88. The molecule has 1 N–H and O–H groups in total. The van der Waals surface area contributed by atoms with Gasteiger partial charge in [-0.2, -0.15) is 0 Å². The summed E-state index contributed by atoms with van der Waals surface area (Å²) in [4.78, 5) is 7.30. The van der Waals surface area contributed by atoms with Crippen LogP contribution in [0.4, 0.5) is 0 Å². The second-order valence-electron chi connectivity index (χ2n) is 4.30. The molecular weight excluding hydrogens is 244 g/mol. The molecule has 0 amide bonds. The molecule has 96 valence electrons. The quantitative estimate of drug-likeness (QED) is 0.806. The van der Waals surface area contributed by atoms with Crippen molar-refractivity contribution in [1.82, 2.24) is 10.0 Å². The molecule has 0 unspecified atom stereocenters. The SMILES string of the molecule is Cc1cc(CS(=O)(=O)NOC2CCCC2)no1. The van der Waals surface area contributed by atoms with Gasteiger partial charge in [0, 0.05) is 6.07 Å². The third-order valence-corrected chi connectivity index (χ3v) is 3.68. The van der Waals surface area contributed by atoms with Gasteiger partial charge in [-0.15, -0.1) is 0 Å². The Morgan fingerprint density at radius 1 is 1.53 bits per heavy atom. The van der Waals surface area contributed by atoms with E-state index in [-0.39, 0.29) is 11.9 Å². The summed E-state index contributed by atoms with van der Waals surface area (Å²) in [5, 5.41) is 3.63. The summed E-state index contributed by atoms with van der Waals surface area (Å²) in [6.07, 6.45) is 4.00. The summed E-state index contributed by atoms with van der Waals surface area (Å²) in [7, 11) is -3.50. The number of rotatable bonds is 5. The second-order valence-corrected chi connectivity index (χ2v) is 5.98. The molecule has 2 rings (SSSR count). The molecule has 0 radical (unpaired) electrons. The number of aromatic nitrogens is 1.